The van der Waals surface area contributed by atoms with E-state index in [1.54, 1.807) is 0 Å². The molecule has 98 valence electrons. The van der Waals surface area contributed by atoms with E-state index >= 15 is 0 Å². The summed E-state index contributed by atoms with van der Waals surface area (Å²) in [5.41, 5.74) is 2.38. The Hall–Kier alpha value is -1.42. The van der Waals surface area contributed by atoms with E-state index in [-0.39, 0.29) is 18.6 Å². The van der Waals surface area contributed by atoms with Crippen LogP contribution in [0.2, 0.25) is 0 Å². The molecule has 1 aliphatic rings. The molecule has 0 spiro atoms. The zero-order valence-corrected chi connectivity index (χ0v) is 10.8. The molecule has 1 aromatic heterocycles. The van der Waals surface area contributed by atoms with Gasteiger partial charge in [0.15, 0.2) is 0 Å². The summed E-state index contributed by atoms with van der Waals surface area (Å²) in [6.07, 6.45) is 5.93. The first-order valence-electron chi connectivity index (χ1n) is 6.64. The van der Waals surface area contributed by atoms with Gasteiger partial charge in [0, 0.05) is 6.20 Å². The Labute approximate surface area is 108 Å². The molecule has 1 aromatic rings. The molecule has 0 amide bonds. The van der Waals surface area contributed by atoms with Gasteiger partial charge in [0.25, 0.3) is 0 Å². The zero-order chi connectivity index (χ0) is 12.8. The summed E-state index contributed by atoms with van der Waals surface area (Å²) in [6, 6.07) is 4.27. The van der Waals surface area contributed by atoms with Crippen molar-refractivity contribution in [2.75, 3.05) is 13.2 Å². The smallest absolute Gasteiger partial charge is 0.319 e. The first kappa shape index (κ1) is 13.0. The standard InChI is InChI=1S/C14H20N2O2/c1-2-9-18-13(17)10-16-12-7-3-5-11-6-4-8-15-14(11)12/h4,6,8,12,16H,2-3,5,7,9-10H2,1H3. The zero-order valence-electron chi connectivity index (χ0n) is 10.8. The van der Waals surface area contributed by atoms with E-state index < -0.39 is 0 Å². The van der Waals surface area contributed by atoms with Crippen LogP contribution in [0.3, 0.4) is 0 Å². The third-order valence-electron chi connectivity index (χ3n) is 3.16. The van der Waals surface area contributed by atoms with Crippen LogP contribution < -0.4 is 5.32 Å². The van der Waals surface area contributed by atoms with Crippen LogP contribution in [-0.2, 0) is 16.0 Å². The van der Waals surface area contributed by atoms with Gasteiger partial charge in [0.2, 0.25) is 0 Å². The van der Waals surface area contributed by atoms with Crippen molar-refractivity contribution in [3.63, 3.8) is 0 Å². The van der Waals surface area contributed by atoms with Gasteiger partial charge in [0.1, 0.15) is 0 Å². The van der Waals surface area contributed by atoms with Crippen LogP contribution >= 0.6 is 0 Å². The fraction of sp³-hybridized carbons (Fsp3) is 0.571. The van der Waals surface area contributed by atoms with E-state index in [2.05, 4.69) is 16.4 Å². The molecule has 0 bridgehead atoms. The Kier molecular flexibility index (Phi) is 4.70. The topological polar surface area (TPSA) is 51.2 Å². The number of pyridine rings is 1. The minimum absolute atomic E-state index is 0.181. The minimum atomic E-state index is -0.181. The van der Waals surface area contributed by atoms with Crippen molar-refractivity contribution in [1.82, 2.24) is 10.3 Å². The number of rotatable bonds is 5. The molecule has 18 heavy (non-hydrogen) atoms. The summed E-state index contributed by atoms with van der Waals surface area (Å²) in [7, 11) is 0. The molecule has 0 saturated carbocycles. The second kappa shape index (κ2) is 6.50. The van der Waals surface area contributed by atoms with Crippen LogP contribution in [0.4, 0.5) is 0 Å². The molecule has 0 aromatic carbocycles. The highest BCUT2D eigenvalue weighted by molar-refractivity contribution is 5.71. The van der Waals surface area contributed by atoms with E-state index in [4.69, 9.17) is 4.74 Å². The van der Waals surface area contributed by atoms with E-state index in [9.17, 15) is 4.79 Å². The minimum Gasteiger partial charge on any atom is -0.465 e. The van der Waals surface area contributed by atoms with Crippen molar-refractivity contribution in [3.05, 3.63) is 29.6 Å². The van der Waals surface area contributed by atoms with Crippen LogP contribution in [-0.4, -0.2) is 24.1 Å². The summed E-state index contributed by atoms with van der Waals surface area (Å²) in [4.78, 5) is 15.9. The highest BCUT2D eigenvalue weighted by atomic mass is 16.5. The average molecular weight is 248 g/mol. The van der Waals surface area contributed by atoms with Gasteiger partial charge in [-0.05, 0) is 37.3 Å². The fourth-order valence-corrected chi connectivity index (χ4v) is 2.28. The second-order valence-corrected chi connectivity index (χ2v) is 4.59. The fourth-order valence-electron chi connectivity index (χ4n) is 2.28. The predicted octanol–water partition coefficient (Wildman–Crippen LogP) is 2.00. The van der Waals surface area contributed by atoms with Crippen molar-refractivity contribution in [2.45, 2.75) is 38.6 Å². The summed E-state index contributed by atoms with van der Waals surface area (Å²) in [5, 5.41) is 3.25. The van der Waals surface area contributed by atoms with Gasteiger partial charge in [-0.2, -0.15) is 0 Å². The van der Waals surface area contributed by atoms with E-state index in [0.29, 0.717) is 6.61 Å². The monoisotopic (exact) mass is 248 g/mol. The number of aromatic nitrogens is 1. The second-order valence-electron chi connectivity index (χ2n) is 4.59. The number of nitrogens with one attached hydrogen (secondary N) is 1. The van der Waals surface area contributed by atoms with Gasteiger partial charge in [-0.25, -0.2) is 0 Å². The summed E-state index contributed by atoms with van der Waals surface area (Å²) in [6.45, 7) is 2.75. The molecule has 2 rings (SSSR count). The highest BCUT2D eigenvalue weighted by Crippen LogP contribution is 2.27. The molecule has 1 unspecified atom stereocenters. The van der Waals surface area contributed by atoms with E-state index in [1.807, 2.05) is 19.2 Å². The molecule has 4 heteroatoms. The van der Waals surface area contributed by atoms with Crippen LogP contribution in [0.25, 0.3) is 0 Å². The van der Waals surface area contributed by atoms with E-state index in [1.165, 1.54) is 5.56 Å². The predicted molar refractivity (Wildman–Crippen MR) is 69.2 cm³/mol. The van der Waals surface area contributed by atoms with Gasteiger partial charge < -0.3 is 4.74 Å². The van der Waals surface area contributed by atoms with Crippen molar-refractivity contribution in [1.29, 1.82) is 0 Å². The molecule has 1 heterocycles. The van der Waals surface area contributed by atoms with Crippen LogP contribution in [0.15, 0.2) is 18.3 Å². The van der Waals surface area contributed by atoms with E-state index in [0.717, 1.165) is 31.4 Å². The Bertz CT molecular complexity index is 407. The van der Waals surface area contributed by atoms with Gasteiger partial charge in [-0.15, -0.1) is 0 Å². The Morgan fingerprint density at radius 3 is 3.33 bits per heavy atom. The summed E-state index contributed by atoms with van der Waals surface area (Å²) >= 11 is 0. The largest absolute Gasteiger partial charge is 0.465 e. The third kappa shape index (κ3) is 3.29. The third-order valence-corrected chi connectivity index (χ3v) is 3.16. The van der Waals surface area contributed by atoms with Gasteiger partial charge in [0.05, 0.1) is 24.9 Å². The van der Waals surface area contributed by atoms with Gasteiger partial charge >= 0.3 is 5.97 Å². The molecule has 1 N–H and O–H groups in total. The molecular weight excluding hydrogens is 228 g/mol. The van der Waals surface area contributed by atoms with Gasteiger partial charge in [-0.3, -0.25) is 15.1 Å². The molecule has 0 fully saturated rings. The summed E-state index contributed by atoms with van der Waals surface area (Å²) < 4.78 is 5.05. The molecule has 0 saturated heterocycles. The summed E-state index contributed by atoms with van der Waals surface area (Å²) in [5.74, 6) is -0.181. The van der Waals surface area contributed by atoms with Crippen molar-refractivity contribution in [3.8, 4) is 0 Å². The Morgan fingerprint density at radius 1 is 1.61 bits per heavy atom. The number of ether oxygens (including phenoxy) is 1. The normalized spacial score (nSPS) is 18.2. The maximum Gasteiger partial charge on any atom is 0.319 e. The lowest BCUT2D eigenvalue weighted by Crippen LogP contribution is -2.31. The maximum absolute atomic E-state index is 11.5. The number of aryl methyl sites for hydroxylation is 1. The quantitative estimate of drug-likeness (QED) is 0.810. The lowest BCUT2D eigenvalue weighted by atomic mass is 9.92. The van der Waals surface area contributed by atoms with Crippen molar-refractivity contribution < 1.29 is 9.53 Å². The maximum atomic E-state index is 11.5. The SMILES string of the molecule is CCCOC(=O)CNC1CCCc2cccnc21. The lowest BCUT2D eigenvalue weighted by molar-refractivity contribution is -0.142. The molecule has 4 nitrogen and oxygen atoms in total. The van der Waals surface area contributed by atoms with Crippen LogP contribution in [0.1, 0.15) is 43.5 Å². The number of nitrogens with zero attached hydrogens (tertiary/aromatic N) is 1. The van der Waals surface area contributed by atoms with Gasteiger partial charge in [-0.1, -0.05) is 13.0 Å². The average Bonchev–Trinajstić information content (AvgIpc) is 2.42. The highest BCUT2D eigenvalue weighted by Gasteiger charge is 2.21. The van der Waals surface area contributed by atoms with Crippen molar-refractivity contribution >= 4 is 5.97 Å². The Morgan fingerprint density at radius 2 is 2.50 bits per heavy atom. The molecule has 0 aliphatic heterocycles. The lowest BCUT2D eigenvalue weighted by Gasteiger charge is -2.24. The number of carbonyl (C=O) groups is 1. The molecular formula is C14H20N2O2. The first-order valence-corrected chi connectivity index (χ1v) is 6.64. The number of hydrogen-bond donors (Lipinski definition) is 1. The number of hydrogen-bond acceptors (Lipinski definition) is 4. The molecule has 1 atom stereocenters. The van der Waals surface area contributed by atoms with Crippen LogP contribution in [0.5, 0.6) is 0 Å². The number of esters is 1. The Balaban J connectivity index is 1.89. The van der Waals surface area contributed by atoms with Crippen molar-refractivity contribution in [2.24, 2.45) is 0 Å². The molecule has 1 aliphatic carbocycles. The number of fused-ring (bicyclic) bond motifs is 1. The molecule has 0 radical (unpaired) electrons. The number of carbonyl (C=O) groups excluding carboxylic acids is 1. The first-order chi connectivity index (χ1) is 8.81. The van der Waals surface area contributed by atoms with Crippen LogP contribution in [0, 0.1) is 0 Å².